The van der Waals surface area contributed by atoms with E-state index in [0.717, 1.165) is 12.8 Å². The van der Waals surface area contributed by atoms with E-state index in [9.17, 15) is 9.90 Å². The molecule has 108 valence electrons. The first-order chi connectivity index (χ1) is 8.17. The fraction of sp³-hybridized carbons (Fsp3) is 0.933. The maximum Gasteiger partial charge on any atom is 0.310 e. The van der Waals surface area contributed by atoms with Crippen LogP contribution >= 0.6 is 0 Å². The molecule has 0 aromatic rings. The molecule has 3 heteroatoms. The maximum absolute atomic E-state index is 11.4. The lowest BCUT2D eigenvalue weighted by Gasteiger charge is -2.29. The van der Waals surface area contributed by atoms with Crippen LogP contribution in [0.25, 0.3) is 0 Å². The number of hydrogen-bond donors (Lipinski definition) is 2. The van der Waals surface area contributed by atoms with Crippen molar-refractivity contribution in [3.63, 3.8) is 0 Å². The van der Waals surface area contributed by atoms with Gasteiger partial charge in [-0.25, -0.2) is 0 Å². The van der Waals surface area contributed by atoms with Crippen molar-refractivity contribution in [1.82, 2.24) is 5.32 Å². The van der Waals surface area contributed by atoms with Crippen LogP contribution in [0, 0.1) is 10.8 Å². The Morgan fingerprint density at radius 2 is 1.72 bits per heavy atom. The molecule has 0 spiro atoms. The number of aliphatic carboxylic acids is 1. The van der Waals surface area contributed by atoms with Crippen LogP contribution in [0.4, 0.5) is 0 Å². The van der Waals surface area contributed by atoms with E-state index < -0.39 is 11.4 Å². The van der Waals surface area contributed by atoms with Crippen molar-refractivity contribution in [1.29, 1.82) is 0 Å². The van der Waals surface area contributed by atoms with Gasteiger partial charge in [0.2, 0.25) is 0 Å². The third-order valence-corrected chi connectivity index (χ3v) is 3.92. The Labute approximate surface area is 112 Å². The van der Waals surface area contributed by atoms with Crippen molar-refractivity contribution >= 4 is 5.97 Å². The Morgan fingerprint density at radius 3 is 2.06 bits per heavy atom. The molecule has 0 aliphatic heterocycles. The molecule has 0 aliphatic rings. The highest BCUT2D eigenvalue weighted by atomic mass is 16.4. The summed E-state index contributed by atoms with van der Waals surface area (Å²) >= 11 is 0. The van der Waals surface area contributed by atoms with Crippen LogP contribution in [-0.2, 0) is 4.79 Å². The average molecular weight is 257 g/mol. The molecule has 0 radical (unpaired) electrons. The number of carboxylic acid groups (broad SMARTS) is 1. The van der Waals surface area contributed by atoms with Crippen LogP contribution in [0.15, 0.2) is 0 Å². The fourth-order valence-electron chi connectivity index (χ4n) is 2.00. The number of carboxylic acids is 1. The molecule has 0 bridgehead atoms. The molecule has 0 heterocycles. The Hall–Kier alpha value is -0.570. The molecule has 1 unspecified atom stereocenters. The molecule has 0 saturated heterocycles. The van der Waals surface area contributed by atoms with Gasteiger partial charge in [0.05, 0.1) is 5.41 Å². The Kier molecular flexibility index (Phi) is 6.90. The third kappa shape index (κ3) is 5.85. The van der Waals surface area contributed by atoms with Gasteiger partial charge in [0.25, 0.3) is 0 Å². The van der Waals surface area contributed by atoms with Crippen molar-refractivity contribution in [3.05, 3.63) is 0 Å². The lowest BCUT2D eigenvalue weighted by Crippen LogP contribution is -2.43. The van der Waals surface area contributed by atoms with E-state index in [1.54, 1.807) is 0 Å². The summed E-state index contributed by atoms with van der Waals surface area (Å²) in [5.74, 6) is -0.678. The zero-order valence-corrected chi connectivity index (χ0v) is 13.0. The van der Waals surface area contributed by atoms with Gasteiger partial charge in [-0.1, -0.05) is 34.6 Å². The van der Waals surface area contributed by atoms with Gasteiger partial charge in [0.15, 0.2) is 0 Å². The molecule has 0 aliphatic carbocycles. The van der Waals surface area contributed by atoms with Crippen molar-refractivity contribution in [2.75, 3.05) is 6.54 Å². The van der Waals surface area contributed by atoms with Gasteiger partial charge in [-0.2, -0.15) is 0 Å². The van der Waals surface area contributed by atoms with Crippen molar-refractivity contribution in [3.8, 4) is 0 Å². The minimum absolute atomic E-state index is 0.343. The first-order valence-corrected chi connectivity index (χ1v) is 7.13. The smallest absolute Gasteiger partial charge is 0.310 e. The summed E-state index contributed by atoms with van der Waals surface area (Å²) in [5.41, 5.74) is -0.259. The molecule has 0 fully saturated rings. The van der Waals surface area contributed by atoms with Crippen molar-refractivity contribution in [2.24, 2.45) is 10.8 Å². The van der Waals surface area contributed by atoms with E-state index in [-0.39, 0.29) is 0 Å². The van der Waals surface area contributed by atoms with Crippen LogP contribution in [0.3, 0.4) is 0 Å². The summed E-state index contributed by atoms with van der Waals surface area (Å²) in [5, 5.41) is 12.8. The first-order valence-electron chi connectivity index (χ1n) is 7.13. The highest BCUT2D eigenvalue weighted by Crippen LogP contribution is 2.26. The SMILES string of the molecule is CCC(CC)(CNC(C)CCC(C)(C)C)C(=O)O. The minimum Gasteiger partial charge on any atom is -0.481 e. The predicted molar refractivity (Wildman–Crippen MR) is 76.8 cm³/mol. The Balaban J connectivity index is 4.24. The summed E-state index contributed by atoms with van der Waals surface area (Å²) in [4.78, 5) is 11.4. The molecule has 1 atom stereocenters. The fourth-order valence-corrected chi connectivity index (χ4v) is 2.00. The topological polar surface area (TPSA) is 49.3 Å². The van der Waals surface area contributed by atoms with E-state index in [1.807, 2.05) is 13.8 Å². The van der Waals surface area contributed by atoms with Crippen LogP contribution in [0.5, 0.6) is 0 Å². The van der Waals surface area contributed by atoms with E-state index in [0.29, 0.717) is 30.8 Å². The van der Waals surface area contributed by atoms with Crippen molar-refractivity contribution < 1.29 is 9.90 Å². The van der Waals surface area contributed by atoms with Gasteiger partial charge in [0.1, 0.15) is 0 Å². The summed E-state index contributed by atoms with van der Waals surface area (Å²) in [6, 6.07) is 0.376. The van der Waals surface area contributed by atoms with Crippen molar-refractivity contribution in [2.45, 2.75) is 73.3 Å². The van der Waals surface area contributed by atoms with Gasteiger partial charge in [-0.15, -0.1) is 0 Å². The number of nitrogens with one attached hydrogen (secondary N) is 1. The monoisotopic (exact) mass is 257 g/mol. The molecule has 0 aromatic carbocycles. The van der Waals surface area contributed by atoms with Gasteiger partial charge in [-0.05, 0) is 38.0 Å². The lowest BCUT2D eigenvalue weighted by atomic mass is 9.82. The molecule has 0 amide bonds. The van der Waals surface area contributed by atoms with Gasteiger partial charge >= 0.3 is 5.97 Å². The second-order valence-electron chi connectivity index (χ2n) is 6.67. The molecular formula is C15H31NO2. The van der Waals surface area contributed by atoms with Crippen LogP contribution < -0.4 is 5.32 Å². The highest BCUT2D eigenvalue weighted by molar-refractivity contribution is 5.74. The normalized spacial score (nSPS) is 14.6. The van der Waals surface area contributed by atoms with Crippen LogP contribution in [0.1, 0.15) is 67.2 Å². The average Bonchev–Trinajstić information content (AvgIpc) is 2.27. The van der Waals surface area contributed by atoms with E-state index in [4.69, 9.17) is 0 Å². The van der Waals surface area contributed by atoms with E-state index >= 15 is 0 Å². The predicted octanol–water partition coefficient (Wildman–Crippen LogP) is 3.68. The first kappa shape index (κ1) is 17.4. The summed E-state index contributed by atoms with van der Waals surface area (Å²) in [7, 11) is 0. The standard InChI is InChI=1S/C15H31NO2/c1-7-15(8-2,13(17)18)11-16-12(3)9-10-14(4,5)6/h12,16H,7-11H2,1-6H3,(H,17,18). The van der Waals surface area contributed by atoms with E-state index in [1.165, 1.54) is 0 Å². The molecule has 0 saturated carbocycles. The number of rotatable bonds is 8. The summed E-state index contributed by atoms with van der Waals surface area (Å²) in [6.45, 7) is 13.3. The maximum atomic E-state index is 11.4. The Bertz CT molecular complexity index is 252. The van der Waals surface area contributed by atoms with Gasteiger partial charge in [-0.3, -0.25) is 4.79 Å². The third-order valence-electron chi connectivity index (χ3n) is 3.92. The second kappa shape index (κ2) is 7.13. The molecule has 0 rings (SSSR count). The molecule has 2 N–H and O–H groups in total. The molecule has 0 aromatic heterocycles. The minimum atomic E-state index is -0.678. The van der Waals surface area contributed by atoms with Gasteiger partial charge in [0, 0.05) is 12.6 Å². The zero-order chi connectivity index (χ0) is 14.4. The zero-order valence-electron chi connectivity index (χ0n) is 13.0. The van der Waals surface area contributed by atoms with Crippen LogP contribution in [-0.4, -0.2) is 23.7 Å². The Morgan fingerprint density at radius 1 is 1.22 bits per heavy atom. The molecule has 3 nitrogen and oxygen atoms in total. The highest BCUT2D eigenvalue weighted by Gasteiger charge is 2.34. The van der Waals surface area contributed by atoms with E-state index in [2.05, 4.69) is 33.0 Å². The molecule has 18 heavy (non-hydrogen) atoms. The van der Waals surface area contributed by atoms with Crippen LogP contribution in [0.2, 0.25) is 0 Å². The molecular weight excluding hydrogens is 226 g/mol. The largest absolute Gasteiger partial charge is 0.481 e. The number of carbonyl (C=O) groups is 1. The number of hydrogen-bond acceptors (Lipinski definition) is 2. The quantitative estimate of drug-likeness (QED) is 0.697. The second-order valence-corrected chi connectivity index (χ2v) is 6.67. The van der Waals surface area contributed by atoms with Gasteiger partial charge < -0.3 is 10.4 Å². The summed E-state index contributed by atoms with van der Waals surface area (Å²) < 4.78 is 0. The lowest BCUT2D eigenvalue weighted by molar-refractivity contribution is -0.149. The summed E-state index contributed by atoms with van der Waals surface area (Å²) in [6.07, 6.45) is 3.60.